The molecular formula is C15H26N2O2S. The van der Waals surface area contributed by atoms with Gasteiger partial charge in [-0.15, -0.1) is 11.3 Å². The zero-order valence-corrected chi connectivity index (χ0v) is 13.6. The number of hydrogen-bond donors (Lipinski definition) is 1. The van der Waals surface area contributed by atoms with E-state index in [0.717, 1.165) is 49.5 Å². The Balaban J connectivity index is 2.59. The van der Waals surface area contributed by atoms with Crippen LogP contribution in [0, 0.1) is 0 Å². The first-order chi connectivity index (χ1) is 9.58. The molecule has 20 heavy (non-hydrogen) atoms. The van der Waals surface area contributed by atoms with Crippen LogP contribution in [0.2, 0.25) is 0 Å². The van der Waals surface area contributed by atoms with E-state index in [0.29, 0.717) is 4.88 Å². The minimum atomic E-state index is -0.834. The molecule has 0 saturated carbocycles. The number of aromatic carboxylic acids is 1. The second-order valence-corrected chi connectivity index (χ2v) is 6.28. The lowest BCUT2D eigenvalue weighted by atomic mass is 10.2. The van der Waals surface area contributed by atoms with Crippen molar-refractivity contribution < 1.29 is 9.90 Å². The zero-order valence-electron chi connectivity index (χ0n) is 12.8. The minimum absolute atomic E-state index is 0.435. The van der Waals surface area contributed by atoms with Crippen LogP contribution >= 0.6 is 11.3 Å². The van der Waals surface area contributed by atoms with Crippen LogP contribution in [-0.2, 0) is 12.8 Å². The van der Waals surface area contributed by atoms with Crippen LogP contribution < -0.4 is 0 Å². The summed E-state index contributed by atoms with van der Waals surface area (Å²) in [6, 6.07) is 0. The number of carbonyl (C=O) groups is 1. The first kappa shape index (κ1) is 17.1. The largest absolute Gasteiger partial charge is 0.477 e. The van der Waals surface area contributed by atoms with Gasteiger partial charge in [0.1, 0.15) is 4.88 Å². The molecule has 0 radical (unpaired) electrons. The molecule has 0 saturated heterocycles. The van der Waals surface area contributed by atoms with Crippen LogP contribution in [0.25, 0.3) is 0 Å². The van der Waals surface area contributed by atoms with Gasteiger partial charge in [0.05, 0.1) is 10.7 Å². The molecule has 0 aliphatic rings. The lowest BCUT2D eigenvalue weighted by molar-refractivity contribution is 0.0700. The van der Waals surface area contributed by atoms with Gasteiger partial charge in [0.2, 0.25) is 0 Å². The predicted octanol–water partition coefficient (Wildman–Crippen LogP) is 3.46. The third kappa shape index (κ3) is 5.59. The van der Waals surface area contributed by atoms with Gasteiger partial charge < -0.3 is 10.0 Å². The summed E-state index contributed by atoms with van der Waals surface area (Å²) in [5.41, 5.74) is 0.774. The third-order valence-corrected chi connectivity index (χ3v) is 4.45. The molecule has 0 aliphatic heterocycles. The summed E-state index contributed by atoms with van der Waals surface area (Å²) in [6.45, 7) is 6.33. The molecule has 1 heterocycles. The van der Waals surface area contributed by atoms with E-state index >= 15 is 0 Å². The van der Waals surface area contributed by atoms with Gasteiger partial charge in [0.15, 0.2) is 0 Å². The number of rotatable bonds is 10. The van der Waals surface area contributed by atoms with Crippen molar-refractivity contribution in [3.63, 3.8) is 0 Å². The van der Waals surface area contributed by atoms with Crippen molar-refractivity contribution in [2.24, 2.45) is 0 Å². The quantitative estimate of drug-likeness (QED) is 0.718. The molecule has 114 valence electrons. The van der Waals surface area contributed by atoms with E-state index in [1.54, 1.807) is 0 Å². The van der Waals surface area contributed by atoms with Crippen molar-refractivity contribution in [2.45, 2.75) is 52.4 Å². The van der Waals surface area contributed by atoms with Crippen LogP contribution in [0.3, 0.4) is 0 Å². The number of carboxylic acids is 1. The summed E-state index contributed by atoms with van der Waals surface area (Å²) < 4.78 is 0. The highest BCUT2D eigenvalue weighted by atomic mass is 32.1. The Labute approximate surface area is 125 Å². The van der Waals surface area contributed by atoms with Crippen molar-refractivity contribution >= 4 is 17.3 Å². The Bertz CT molecular complexity index is 418. The van der Waals surface area contributed by atoms with E-state index in [-0.39, 0.29) is 0 Å². The Hall–Kier alpha value is -0.940. The number of carboxylic acid groups (broad SMARTS) is 1. The Morgan fingerprint density at radius 2 is 1.90 bits per heavy atom. The van der Waals surface area contributed by atoms with Gasteiger partial charge in [-0.1, -0.05) is 26.7 Å². The van der Waals surface area contributed by atoms with Crippen molar-refractivity contribution in [3.8, 4) is 0 Å². The first-order valence-corrected chi connectivity index (χ1v) is 8.30. The molecule has 0 aromatic carbocycles. The molecule has 1 rings (SSSR count). The monoisotopic (exact) mass is 298 g/mol. The maximum atomic E-state index is 11.2. The molecule has 0 atom stereocenters. The number of thiazole rings is 1. The van der Waals surface area contributed by atoms with Crippen LogP contribution in [0.5, 0.6) is 0 Å². The van der Waals surface area contributed by atoms with Gasteiger partial charge in [-0.3, -0.25) is 0 Å². The van der Waals surface area contributed by atoms with Crippen molar-refractivity contribution in [1.29, 1.82) is 0 Å². The highest BCUT2D eigenvalue weighted by Gasteiger charge is 2.16. The number of unbranched alkanes of at least 4 members (excludes halogenated alkanes) is 2. The number of likely N-dealkylation sites (N-methyl/N-ethyl adjacent to an activating group) is 1. The SMILES string of the molecule is CCCCc1nc(CCN(C)CCCC)sc1C(=O)O. The second kappa shape index (κ2) is 9.08. The molecule has 0 fully saturated rings. The summed E-state index contributed by atoms with van der Waals surface area (Å²) in [5.74, 6) is -0.834. The average Bonchev–Trinajstić information content (AvgIpc) is 2.84. The normalized spacial score (nSPS) is 11.2. The highest BCUT2D eigenvalue weighted by molar-refractivity contribution is 7.13. The molecule has 5 heteroatoms. The van der Waals surface area contributed by atoms with E-state index < -0.39 is 5.97 Å². The fourth-order valence-corrected chi connectivity index (χ4v) is 2.95. The zero-order chi connectivity index (χ0) is 15.0. The van der Waals surface area contributed by atoms with E-state index in [4.69, 9.17) is 0 Å². The lowest BCUT2D eigenvalue weighted by Crippen LogP contribution is -2.22. The number of aryl methyl sites for hydroxylation is 1. The summed E-state index contributed by atoms with van der Waals surface area (Å²) in [6.07, 6.45) is 6.09. The van der Waals surface area contributed by atoms with Crippen LogP contribution in [0.15, 0.2) is 0 Å². The summed E-state index contributed by atoms with van der Waals surface area (Å²) in [4.78, 5) is 18.5. The molecular weight excluding hydrogens is 272 g/mol. The molecule has 4 nitrogen and oxygen atoms in total. The van der Waals surface area contributed by atoms with Gasteiger partial charge in [0, 0.05) is 13.0 Å². The Kier molecular flexibility index (Phi) is 7.77. The Morgan fingerprint density at radius 3 is 2.50 bits per heavy atom. The van der Waals surface area contributed by atoms with E-state index in [2.05, 4.69) is 30.8 Å². The Morgan fingerprint density at radius 1 is 1.20 bits per heavy atom. The fraction of sp³-hybridized carbons (Fsp3) is 0.733. The maximum absolute atomic E-state index is 11.2. The van der Waals surface area contributed by atoms with Gasteiger partial charge in [-0.05, 0) is 32.9 Å². The number of hydrogen-bond acceptors (Lipinski definition) is 4. The standard InChI is InChI=1S/C15H26N2O2S/c1-4-6-8-12-14(15(18)19)20-13(16-12)9-11-17(3)10-7-5-2/h4-11H2,1-3H3,(H,18,19). The third-order valence-electron chi connectivity index (χ3n) is 3.30. The van der Waals surface area contributed by atoms with E-state index in [9.17, 15) is 9.90 Å². The van der Waals surface area contributed by atoms with Crippen LogP contribution in [0.4, 0.5) is 0 Å². The number of aromatic nitrogens is 1. The second-order valence-electron chi connectivity index (χ2n) is 5.20. The van der Waals surface area contributed by atoms with Crippen LogP contribution in [-0.4, -0.2) is 41.1 Å². The fourth-order valence-electron chi connectivity index (χ4n) is 2.01. The molecule has 0 aliphatic carbocycles. The lowest BCUT2D eigenvalue weighted by Gasteiger charge is -2.14. The first-order valence-electron chi connectivity index (χ1n) is 7.48. The summed E-state index contributed by atoms with van der Waals surface area (Å²) in [7, 11) is 2.11. The van der Waals surface area contributed by atoms with Crippen molar-refractivity contribution in [2.75, 3.05) is 20.1 Å². The molecule has 0 spiro atoms. The summed E-state index contributed by atoms with van der Waals surface area (Å²) in [5, 5.41) is 10.2. The number of nitrogens with zero attached hydrogens (tertiary/aromatic N) is 2. The van der Waals surface area contributed by atoms with Crippen molar-refractivity contribution in [1.82, 2.24) is 9.88 Å². The van der Waals surface area contributed by atoms with Crippen molar-refractivity contribution in [3.05, 3.63) is 15.6 Å². The molecule has 0 bridgehead atoms. The average molecular weight is 298 g/mol. The van der Waals surface area contributed by atoms with Gasteiger partial charge in [0.25, 0.3) is 0 Å². The molecule has 1 aromatic rings. The highest BCUT2D eigenvalue weighted by Crippen LogP contribution is 2.21. The summed E-state index contributed by atoms with van der Waals surface area (Å²) >= 11 is 1.35. The predicted molar refractivity (Wildman–Crippen MR) is 83.8 cm³/mol. The molecule has 1 N–H and O–H groups in total. The minimum Gasteiger partial charge on any atom is -0.477 e. The van der Waals surface area contributed by atoms with Gasteiger partial charge >= 0.3 is 5.97 Å². The van der Waals surface area contributed by atoms with Gasteiger partial charge in [-0.2, -0.15) is 0 Å². The van der Waals surface area contributed by atoms with Crippen LogP contribution in [0.1, 0.15) is 59.9 Å². The van der Waals surface area contributed by atoms with E-state index in [1.165, 1.54) is 24.2 Å². The molecule has 1 aromatic heterocycles. The molecule has 0 amide bonds. The smallest absolute Gasteiger partial charge is 0.347 e. The van der Waals surface area contributed by atoms with E-state index in [1.807, 2.05) is 0 Å². The topological polar surface area (TPSA) is 53.4 Å². The molecule has 0 unspecified atom stereocenters. The maximum Gasteiger partial charge on any atom is 0.347 e. The van der Waals surface area contributed by atoms with Gasteiger partial charge in [-0.25, -0.2) is 9.78 Å².